The average molecular weight is 664 g/mol. The molecular weight excluding hydrogens is 626 g/mol. The zero-order chi connectivity index (χ0) is 32.8. The molecule has 0 spiro atoms. The largest absolute Gasteiger partial charge is 0.488 e. The summed E-state index contributed by atoms with van der Waals surface area (Å²) < 4.78 is 41.1. The Hall–Kier alpha value is -4.09. The van der Waals surface area contributed by atoms with Crippen molar-refractivity contribution >= 4 is 33.2 Å². The smallest absolute Gasteiger partial charge is 0.261 e. The number of carbonyl (C=O) groups is 1. The summed E-state index contributed by atoms with van der Waals surface area (Å²) in [6.07, 6.45) is -0.303. The van der Waals surface area contributed by atoms with Gasteiger partial charge in [0.05, 0.1) is 23.1 Å². The van der Waals surface area contributed by atoms with E-state index in [0.717, 1.165) is 17.1 Å². The van der Waals surface area contributed by atoms with Crippen LogP contribution in [0.1, 0.15) is 29.8 Å². The number of likely N-dealkylation sites (N-methyl/N-ethyl adjacent to an activating group) is 1. The Bertz CT molecular complexity index is 1740. The molecule has 0 aliphatic carbocycles. The fourth-order valence-corrected chi connectivity index (χ4v) is 6.48. The summed E-state index contributed by atoms with van der Waals surface area (Å²) in [6, 6.07) is 27.6. The first kappa shape index (κ1) is 33.3. The minimum absolute atomic E-state index is 0.0389. The van der Waals surface area contributed by atoms with E-state index in [9.17, 15) is 18.3 Å². The molecule has 1 amide bonds. The van der Waals surface area contributed by atoms with Crippen LogP contribution in [0.3, 0.4) is 0 Å². The molecule has 242 valence electrons. The first-order valence-electron chi connectivity index (χ1n) is 15.0. The molecule has 0 bridgehead atoms. The van der Waals surface area contributed by atoms with Crippen molar-refractivity contribution in [2.24, 2.45) is 5.92 Å². The average Bonchev–Trinajstić information content (AvgIpc) is 3.04. The molecule has 2 N–H and O–H groups in total. The normalized spacial score (nSPS) is 17.4. The molecular formula is C35H38ClN3O6S. The van der Waals surface area contributed by atoms with E-state index in [1.165, 1.54) is 30.3 Å². The van der Waals surface area contributed by atoms with Crippen molar-refractivity contribution in [3.05, 3.63) is 113 Å². The monoisotopic (exact) mass is 663 g/mol. The van der Waals surface area contributed by atoms with Crippen LogP contribution in [0.15, 0.2) is 102 Å². The lowest BCUT2D eigenvalue weighted by Crippen LogP contribution is -2.49. The van der Waals surface area contributed by atoms with Gasteiger partial charge in [-0.05, 0) is 86.3 Å². The maximum atomic E-state index is 13.8. The highest BCUT2D eigenvalue weighted by atomic mass is 35.5. The third-order valence-electron chi connectivity index (χ3n) is 7.89. The summed E-state index contributed by atoms with van der Waals surface area (Å²) in [6.45, 7) is 5.16. The topological polar surface area (TPSA) is 108 Å². The van der Waals surface area contributed by atoms with Crippen LogP contribution < -0.4 is 14.2 Å². The number of hydrogen-bond acceptors (Lipinski definition) is 7. The van der Waals surface area contributed by atoms with Gasteiger partial charge in [0, 0.05) is 36.3 Å². The van der Waals surface area contributed by atoms with E-state index in [1.54, 1.807) is 24.0 Å². The van der Waals surface area contributed by atoms with Gasteiger partial charge in [0.1, 0.15) is 23.4 Å². The van der Waals surface area contributed by atoms with E-state index in [-0.39, 0.29) is 40.7 Å². The van der Waals surface area contributed by atoms with Crippen molar-refractivity contribution in [2.45, 2.75) is 37.4 Å². The zero-order valence-corrected chi connectivity index (χ0v) is 27.5. The molecule has 4 aromatic rings. The highest BCUT2D eigenvalue weighted by molar-refractivity contribution is 7.92. The first-order chi connectivity index (χ1) is 22.0. The van der Waals surface area contributed by atoms with Crippen molar-refractivity contribution in [1.82, 2.24) is 9.80 Å². The van der Waals surface area contributed by atoms with Crippen LogP contribution in [0.5, 0.6) is 17.2 Å². The Morgan fingerprint density at radius 3 is 2.37 bits per heavy atom. The predicted molar refractivity (Wildman–Crippen MR) is 179 cm³/mol. The van der Waals surface area contributed by atoms with Crippen molar-refractivity contribution in [2.75, 3.05) is 31.5 Å². The molecule has 1 aliphatic heterocycles. The van der Waals surface area contributed by atoms with Crippen LogP contribution in [0, 0.1) is 5.92 Å². The number of para-hydroxylation sites is 1. The van der Waals surface area contributed by atoms with Gasteiger partial charge in [0.25, 0.3) is 15.9 Å². The van der Waals surface area contributed by atoms with E-state index >= 15 is 0 Å². The summed E-state index contributed by atoms with van der Waals surface area (Å²) in [5, 5.41) is 10.4. The summed E-state index contributed by atoms with van der Waals surface area (Å²) in [7, 11) is -1.93. The number of ether oxygens (including phenoxy) is 2. The van der Waals surface area contributed by atoms with Gasteiger partial charge in [-0.3, -0.25) is 14.4 Å². The standard InChI is InChI=1S/C35H38ClN3O6S/c1-24-20-39(25(2)23-40)35(41)32-19-28(37-46(42,43)31-16-11-27(36)12-17-31)13-18-33(32)45-34(24)22-38(3)21-26-9-14-30(15-10-26)44-29-7-5-4-6-8-29/h4-19,24-25,34,37,40H,20-23H2,1-3H3/t24-,25-,34+/m0/s1. The van der Waals surface area contributed by atoms with E-state index in [2.05, 4.69) is 9.62 Å². The third-order valence-corrected chi connectivity index (χ3v) is 9.54. The number of anilines is 1. The number of nitrogens with one attached hydrogen (secondary N) is 1. The number of benzene rings is 4. The highest BCUT2D eigenvalue weighted by Gasteiger charge is 2.33. The molecule has 0 saturated carbocycles. The SMILES string of the molecule is C[C@H]1CN([C@@H](C)CO)C(=O)c2cc(NS(=O)(=O)c3ccc(Cl)cc3)ccc2O[C@@H]1CN(C)Cc1ccc(Oc2ccccc2)cc1. The molecule has 0 radical (unpaired) electrons. The van der Waals surface area contributed by atoms with Gasteiger partial charge in [-0.2, -0.15) is 0 Å². The van der Waals surface area contributed by atoms with Gasteiger partial charge in [0.15, 0.2) is 0 Å². The molecule has 0 fully saturated rings. The second-order valence-corrected chi connectivity index (χ2v) is 13.8. The fourth-order valence-electron chi connectivity index (χ4n) is 5.30. The van der Waals surface area contributed by atoms with Gasteiger partial charge in [-0.25, -0.2) is 8.42 Å². The molecule has 4 aromatic carbocycles. The van der Waals surface area contributed by atoms with Crippen LogP contribution in [0.4, 0.5) is 5.69 Å². The summed E-state index contributed by atoms with van der Waals surface area (Å²) in [4.78, 5) is 17.6. The molecule has 0 aromatic heterocycles. The number of nitrogens with zero attached hydrogens (tertiary/aromatic N) is 2. The number of rotatable bonds is 11. The van der Waals surface area contributed by atoms with E-state index in [0.29, 0.717) is 30.4 Å². The molecule has 1 heterocycles. The second kappa shape index (κ2) is 14.6. The summed E-state index contributed by atoms with van der Waals surface area (Å²) >= 11 is 5.92. The Labute approximate surface area is 275 Å². The maximum absolute atomic E-state index is 13.8. The number of halogens is 1. The quantitative estimate of drug-likeness (QED) is 0.194. The molecule has 1 aliphatic rings. The molecule has 11 heteroatoms. The zero-order valence-electron chi connectivity index (χ0n) is 26.0. The maximum Gasteiger partial charge on any atom is 0.261 e. The molecule has 3 atom stereocenters. The Balaban J connectivity index is 1.34. The van der Waals surface area contributed by atoms with Gasteiger partial charge in [0.2, 0.25) is 0 Å². The minimum atomic E-state index is -3.94. The first-order valence-corrected chi connectivity index (χ1v) is 16.9. The predicted octanol–water partition coefficient (Wildman–Crippen LogP) is 6.29. The van der Waals surface area contributed by atoms with E-state index < -0.39 is 16.1 Å². The molecule has 0 unspecified atom stereocenters. The van der Waals surface area contributed by atoms with Gasteiger partial charge >= 0.3 is 0 Å². The van der Waals surface area contributed by atoms with Gasteiger partial charge in [-0.1, -0.05) is 48.9 Å². The van der Waals surface area contributed by atoms with Crippen LogP contribution in [0.2, 0.25) is 5.02 Å². The molecule has 5 rings (SSSR count). The number of hydrogen-bond donors (Lipinski definition) is 2. The Morgan fingerprint density at radius 2 is 1.70 bits per heavy atom. The fraction of sp³-hybridized carbons (Fsp3) is 0.286. The van der Waals surface area contributed by atoms with Crippen LogP contribution >= 0.6 is 11.6 Å². The van der Waals surface area contributed by atoms with Crippen LogP contribution in [-0.4, -0.2) is 68.1 Å². The molecule has 9 nitrogen and oxygen atoms in total. The van der Waals surface area contributed by atoms with Crippen molar-refractivity contribution in [1.29, 1.82) is 0 Å². The Kier molecular flexibility index (Phi) is 10.5. The molecule has 46 heavy (non-hydrogen) atoms. The number of fused-ring (bicyclic) bond motifs is 1. The Morgan fingerprint density at radius 1 is 1.02 bits per heavy atom. The number of aliphatic hydroxyl groups excluding tert-OH is 1. The summed E-state index contributed by atoms with van der Waals surface area (Å²) in [5.74, 6) is 1.46. The number of amides is 1. The van der Waals surface area contributed by atoms with Crippen LogP contribution in [-0.2, 0) is 16.6 Å². The molecule has 0 saturated heterocycles. The highest BCUT2D eigenvalue weighted by Crippen LogP contribution is 2.32. The third kappa shape index (κ3) is 8.19. The van der Waals surface area contributed by atoms with Crippen molar-refractivity contribution in [3.8, 4) is 17.2 Å². The van der Waals surface area contributed by atoms with Crippen LogP contribution in [0.25, 0.3) is 0 Å². The van der Waals surface area contributed by atoms with E-state index in [4.69, 9.17) is 21.1 Å². The van der Waals surface area contributed by atoms with Gasteiger partial charge < -0.3 is 19.5 Å². The van der Waals surface area contributed by atoms with E-state index in [1.807, 2.05) is 68.6 Å². The lowest BCUT2D eigenvalue weighted by molar-refractivity contribution is 0.0341. The lowest BCUT2D eigenvalue weighted by Gasteiger charge is -2.38. The second-order valence-electron chi connectivity index (χ2n) is 11.6. The van der Waals surface area contributed by atoms with Crippen molar-refractivity contribution in [3.63, 3.8) is 0 Å². The number of carbonyl (C=O) groups excluding carboxylic acids is 1. The minimum Gasteiger partial charge on any atom is -0.488 e. The lowest BCUT2D eigenvalue weighted by atomic mass is 9.99. The number of sulfonamides is 1. The number of aliphatic hydroxyl groups is 1. The van der Waals surface area contributed by atoms with Gasteiger partial charge in [-0.15, -0.1) is 0 Å². The summed E-state index contributed by atoms with van der Waals surface area (Å²) in [5.41, 5.74) is 1.53. The van der Waals surface area contributed by atoms with Crippen molar-refractivity contribution < 1.29 is 27.8 Å².